The predicted molar refractivity (Wildman–Crippen MR) is 122 cm³/mol. The van der Waals surface area contributed by atoms with Gasteiger partial charge in [-0.3, -0.25) is 9.59 Å². The molecule has 0 aliphatic carbocycles. The number of amides is 1. The molecule has 0 radical (unpaired) electrons. The van der Waals surface area contributed by atoms with Gasteiger partial charge in [0.2, 0.25) is 0 Å². The second kappa shape index (κ2) is 9.25. The largest absolute Gasteiger partial charge is 0.507 e. The number of aliphatic hydroxyl groups excluding tert-OH is 1. The average molecular weight is 423 g/mol. The van der Waals surface area contributed by atoms with Gasteiger partial charge in [-0.05, 0) is 54.8 Å². The smallest absolute Gasteiger partial charge is 0.295 e. The third-order valence-corrected chi connectivity index (χ3v) is 5.71. The number of ketones is 1. The first-order valence-corrected chi connectivity index (χ1v) is 10.5. The Labute approximate surface area is 183 Å². The molecule has 1 saturated heterocycles. The minimum Gasteiger partial charge on any atom is -0.507 e. The number of likely N-dealkylation sites (tertiary alicyclic amines) is 1. The van der Waals surface area contributed by atoms with Crippen LogP contribution in [-0.2, 0) is 9.59 Å². The molecule has 0 aromatic heterocycles. The van der Waals surface area contributed by atoms with Gasteiger partial charge in [0.1, 0.15) is 11.5 Å². The summed E-state index contributed by atoms with van der Waals surface area (Å²) in [7, 11) is 5.48. The Balaban J connectivity index is 2.16. The Morgan fingerprint density at radius 3 is 2.35 bits per heavy atom. The summed E-state index contributed by atoms with van der Waals surface area (Å²) in [6, 6.07) is 12.4. The molecule has 0 spiro atoms. The van der Waals surface area contributed by atoms with Crippen LogP contribution in [0.3, 0.4) is 0 Å². The summed E-state index contributed by atoms with van der Waals surface area (Å²) in [5, 5.41) is 11.2. The molecule has 1 N–H and O–H groups in total. The molecule has 3 rings (SSSR count). The molecule has 0 saturated carbocycles. The van der Waals surface area contributed by atoms with E-state index in [-0.39, 0.29) is 11.3 Å². The predicted octanol–water partition coefficient (Wildman–Crippen LogP) is 4.29. The Kier molecular flexibility index (Phi) is 6.68. The molecule has 2 aromatic rings. The Hall–Kier alpha value is -3.28. The lowest BCUT2D eigenvalue weighted by atomic mass is 9.93. The number of methoxy groups -OCH3 is 1. The van der Waals surface area contributed by atoms with Gasteiger partial charge >= 0.3 is 0 Å². The van der Waals surface area contributed by atoms with Crippen molar-refractivity contribution in [2.75, 3.05) is 32.6 Å². The monoisotopic (exact) mass is 422 g/mol. The van der Waals surface area contributed by atoms with E-state index < -0.39 is 17.7 Å². The number of unbranched alkanes of at least 4 members (excludes halogenated alkanes) is 1. The number of aryl methyl sites for hydroxylation is 1. The summed E-state index contributed by atoms with van der Waals surface area (Å²) in [6.07, 6.45) is 1.67. The maximum atomic E-state index is 13.0. The number of ether oxygens (including phenoxy) is 1. The molecule has 6 nitrogen and oxygen atoms in total. The summed E-state index contributed by atoms with van der Waals surface area (Å²) < 4.78 is 5.24. The van der Waals surface area contributed by atoms with Crippen molar-refractivity contribution < 1.29 is 19.4 Å². The van der Waals surface area contributed by atoms with Gasteiger partial charge in [-0.15, -0.1) is 0 Å². The van der Waals surface area contributed by atoms with Gasteiger partial charge in [0, 0.05) is 31.9 Å². The van der Waals surface area contributed by atoms with Gasteiger partial charge < -0.3 is 19.6 Å². The molecule has 1 atom stereocenters. The first kappa shape index (κ1) is 22.4. The minimum atomic E-state index is -0.648. The highest BCUT2D eigenvalue weighted by Gasteiger charge is 2.45. The zero-order valence-electron chi connectivity index (χ0n) is 18.8. The first-order valence-electron chi connectivity index (χ1n) is 10.5. The number of carbonyl (C=O) groups is 2. The van der Waals surface area contributed by atoms with E-state index in [0.717, 1.165) is 29.7 Å². The lowest BCUT2D eigenvalue weighted by molar-refractivity contribution is -0.139. The average Bonchev–Trinajstić information content (AvgIpc) is 3.01. The van der Waals surface area contributed by atoms with Crippen molar-refractivity contribution in [1.82, 2.24) is 4.90 Å². The molecule has 1 unspecified atom stereocenters. The summed E-state index contributed by atoms with van der Waals surface area (Å²) >= 11 is 0. The molecule has 2 aromatic carbocycles. The third-order valence-electron chi connectivity index (χ3n) is 5.71. The molecule has 6 heteroatoms. The van der Waals surface area contributed by atoms with E-state index in [0.29, 0.717) is 17.9 Å². The van der Waals surface area contributed by atoms with Crippen molar-refractivity contribution in [3.05, 3.63) is 64.7 Å². The van der Waals surface area contributed by atoms with Crippen molar-refractivity contribution in [2.24, 2.45) is 0 Å². The molecular formula is C25H30N2O4. The highest BCUT2D eigenvalue weighted by atomic mass is 16.5. The van der Waals surface area contributed by atoms with E-state index in [1.807, 2.05) is 57.1 Å². The standard InChI is InChI=1S/C25H30N2O4/c1-6-7-14-27-22(17-8-10-18(11-9-17)26(3)4)21(24(29)25(27)30)23(28)20-13-12-19(31-5)15-16(20)2/h8-13,15,22,28H,6-7,14H2,1-5H3/b23-21-. The normalized spacial score (nSPS) is 17.8. The van der Waals surface area contributed by atoms with Crippen molar-refractivity contribution in [2.45, 2.75) is 32.7 Å². The van der Waals surface area contributed by atoms with E-state index in [9.17, 15) is 14.7 Å². The highest BCUT2D eigenvalue weighted by Crippen LogP contribution is 2.40. The maximum absolute atomic E-state index is 13.0. The van der Waals surface area contributed by atoms with E-state index in [1.165, 1.54) is 0 Å². The van der Waals surface area contributed by atoms with E-state index in [4.69, 9.17) is 4.74 Å². The second-order valence-electron chi connectivity index (χ2n) is 8.01. The number of Topliss-reactive ketones (excluding diaryl/α,β-unsaturated/α-hetero) is 1. The molecule has 1 heterocycles. The van der Waals surface area contributed by atoms with Crippen LogP contribution in [0, 0.1) is 6.92 Å². The molecule has 1 fully saturated rings. The van der Waals surface area contributed by atoms with E-state index in [2.05, 4.69) is 0 Å². The fourth-order valence-corrected chi connectivity index (χ4v) is 3.91. The molecule has 1 aliphatic rings. The zero-order chi connectivity index (χ0) is 22.7. The molecule has 31 heavy (non-hydrogen) atoms. The molecule has 0 bridgehead atoms. The van der Waals surface area contributed by atoms with Crippen LogP contribution in [0.15, 0.2) is 48.0 Å². The molecular weight excluding hydrogens is 392 g/mol. The second-order valence-corrected chi connectivity index (χ2v) is 8.01. The number of rotatable bonds is 7. The number of nitrogens with zero attached hydrogens (tertiary/aromatic N) is 2. The first-order chi connectivity index (χ1) is 14.8. The molecule has 164 valence electrons. The van der Waals surface area contributed by atoms with Gasteiger partial charge in [-0.1, -0.05) is 25.5 Å². The number of benzene rings is 2. The fourth-order valence-electron chi connectivity index (χ4n) is 3.91. The number of anilines is 1. The van der Waals surface area contributed by atoms with Crippen LogP contribution in [0.5, 0.6) is 5.75 Å². The van der Waals surface area contributed by atoms with Crippen LogP contribution in [0.4, 0.5) is 5.69 Å². The molecule has 1 aliphatic heterocycles. The lowest BCUT2D eigenvalue weighted by Crippen LogP contribution is -2.30. The fraction of sp³-hybridized carbons (Fsp3) is 0.360. The number of aliphatic hydroxyl groups is 1. The summed E-state index contributed by atoms with van der Waals surface area (Å²) in [5.74, 6) is -0.708. The quantitative estimate of drug-likeness (QED) is 0.409. The third kappa shape index (κ3) is 4.29. The van der Waals surface area contributed by atoms with Crippen LogP contribution in [0.25, 0.3) is 5.76 Å². The maximum Gasteiger partial charge on any atom is 0.295 e. The summed E-state index contributed by atoms with van der Waals surface area (Å²) in [4.78, 5) is 29.5. The molecule has 1 amide bonds. The van der Waals surface area contributed by atoms with E-state index >= 15 is 0 Å². The number of carbonyl (C=O) groups excluding carboxylic acids is 2. The number of hydrogen-bond donors (Lipinski definition) is 1. The number of hydrogen-bond acceptors (Lipinski definition) is 5. The Morgan fingerprint density at radius 1 is 1.13 bits per heavy atom. The van der Waals surface area contributed by atoms with Crippen LogP contribution in [-0.4, -0.2) is 49.4 Å². The Morgan fingerprint density at radius 2 is 1.81 bits per heavy atom. The van der Waals surface area contributed by atoms with Gasteiger partial charge in [0.25, 0.3) is 11.7 Å². The lowest BCUT2D eigenvalue weighted by Gasteiger charge is -2.26. The van der Waals surface area contributed by atoms with Gasteiger partial charge in [-0.25, -0.2) is 0 Å². The Bertz CT molecular complexity index is 1010. The van der Waals surface area contributed by atoms with Gasteiger partial charge in [0.05, 0.1) is 18.7 Å². The zero-order valence-corrected chi connectivity index (χ0v) is 18.8. The van der Waals surface area contributed by atoms with Crippen LogP contribution < -0.4 is 9.64 Å². The van der Waals surface area contributed by atoms with Crippen molar-refractivity contribution >= 4 is 23.1 Å². The summed E-state index contributed by atoms with van der Waals surface area (Å²) in [6.45, 7) is 4.34. The van der Waals surface area contributed by atoms with Gasteiger partial charge in [-0.2, -0.15) is 0 Å². The topological polar surface area (TPSA) is 70.1 Å². The summed E-state index contributed by atoms with van der Waals surface area (Å²) in [5.41, 5.74) is 3.23. The van der Waals surface area contributed by atoms with Crippen LogP contribution in [0.1, 0.15) is 42.5 Å². The van der Waals surface area contributed by atoms with Gasteiger partial charge in [0.15, 0.2) is 0 Å². The SMILES string of the molecule is CCCCN1C(=O)C(=O)/C(=C(\O)c2ccc(OC)cc2C)C1c1ccc(N(C)C)cc1. The minimum absolute atomic E-state index is 0.131. The van der Waals surface area contributed by atoms with Crippen LogP contribution in [0.2, 0.25) is 0 Å². The van der Waals surface area contributed by atoms with E-state index in [1.54, 1.807) is 30.2 Å². The van der Waals surface area contributed by atoms with Crippen molar-refractivity contribution in [3.8, 4) is 5.75 Å². The van der Waals surface area contributed by atoms with Crippen molar-refractivity contribution in [3.63, 3.8) is 0 Å². The van der Waals surface area contributed by atoms with Crippen molar-refractivity contribution in [1.29, 1.82) is 0 Å². The highest BCUT2D eigenvalue weighted by molar-refractivity contribution is 6.46. The van der Waals surface area contributed by atoms with Crippen LogP contribution >= 0.6 is 0 Å².